The average molecular weight is 203 g/mol. The summed E-state index contributed by atoms with van der Waals surface area (Å²) in [6.45, 7) is 0. The van der Waals surface area contributed by atoms with Crippen molar-refractivity contribution >= 4 is 6.29 Å². The van der Waals surface area contributed by atoms with Crippen molar-refractivity contribution in [1.82, 2.24) is 0 Å². The van der Waals surface area contributed by atoms with E-state index in [1.807, 2.05) is 0 Å². The van der Waals surface area contributed by atoms with Crippen molar-refractivity contribution < 1.29 is 38.4 Å². The first-order valence-corrected chi connectivity index (χ1v) is 1.02. The minimum absolute atomic E-state index is 0. The second-order valence-corrected chi connectivity index (χ2v) is 0.600. The van der Waals surface area contributed by atoms with Crippen LogP contribution in [0.1, 0.15) is 0 Å². The van der Waals surface area contributed by atoms with Gasteiger partial charge in [0.1, 0.15) is 0 Å². The first-order valence-electron chi connectivity index (χ1n) is 1.02. The molecule has 1 nitrogen and oxygen atoms in total. The Hall–Kier alpha value is 0.122. The summed E-state index contributed by atoms with van der Waals surface area (Å²) in [6, 6.07) is 0. The van der Waals surface area contributed by atoms with Crippen molar-refractivity contribution in [1.29, 1.82) is 0 Å². The molecule has 1 radical (unpaired) electrons. The van der Waals surface area contributed by atoms with Crippen LogP contribution in [0.5, 0.6) is 0 Å². The molecule has 0 aromatic heterocycles. The average Bonchev–Trinajstić information content (AvgIpc) is 1.35. The van der Waals surface area contributed by atoms with Gasteiger partial charge in [0.05, 0.1) is 0 Å². The fraction of sp³-hybridized carbons (Fsp3) is 0.500. The van der Waals surface area contributed by atoms with E-state index in [1.165, 1.54) is 0 Å². The van der Waals surface area contributed by atoms with Gasteiger partial charge in [-0.05, 0) is 0 Å². The molecule has 0 spiro atoms. The number of carbonyl (C=O) groups excluding carboxylic acids is 1. The molecule has 45 valence electrons. The van der Waals surface area contributed by atoms with Gasteiger partial charge in [0, 0.05) is 20.4 Å². The molecule has 0 amide bonds. The Kier molecular flexibility index (Phi) is 4.60. The smallest absolute Gasteiger partial charge is 0.280 e. The van der Waals surface area contributed by atoms with E-state index in [-0.39, 0.29) is 26.7 Å². The molecule has 0 aromatic rings. The maximum absolute atomic E-state index is 10.4. The van der Waals surface area contributed by atoms with Crippen LogP contribution in [0.2, 0.25) is 0 Å². The summed E-state index contributed by atoms with van der Waals surface area (Å²) < 4.78 is 31.1. The first-order chi connectivity index (χ1) is 2.56. The van der Waals surface area contributed by atoms with Gasteiger partial charge in [-0.2, -0.15) is 13.2 Å². The molecule has 0 fully saturated rings. The van der Waals surface area contributed by atoms with Crippen LogP contribution in [0.25, 0.3) is 0 Å². The third kappa shape index (κ3) is 10.7. The molecule has 0 unspecified atom stereocenters. The van der Waals surface area contributed by atoms with Crippen LogP contribution >= 0.6 is 0 Å². The zero-order valence-corrected chi connectivity index (χ0v) is 4.41. The van der Waals surface area contributed by atoms with Crippen molar-refractivity contribution in [3.8, 4) is 0 Å². The van der Waals surface area contributed by atoms with E-state index in [0.717, 1.165) is 0 Å². The van der Waals surface area contributed by atoms with E-state index in [4.69, 9.17) is 4.79 Å². The van der Waals surface area contributed by atoms with Crippen LogP contribution in [0.3, 0.4) is 0 Å². The Morgan fingerprint density at radius 3 is 1.43 bits per heavy atom. The molecule has 0 saturated carbocycles. The summed E-state index contributed by atoms with van der Waals surface area (Å²) in [4.78, 5) is 8.58. The maximum Gasteiger partial charge on any atom is 0.458 e. The number of alkyl halides is 3. The molecular weight excluding hydrogens is 203 g/mol. The van der Waals surface area contributed by atoms with Gasteiger partial charge in [0.15, 0.2) is 0 Å². The van der Waals surface area contributed by atoms with Crippen molar-refractivity contribution in [2.45, 2.75) is 6.18 Å². The van der Waals surface area contributed by atoms with Gasteiger partial charge in [-0.15, -0.1) is 0 Å². The molecule has 0 heterocycles. The topological polar surface area (TPSA) is 17.1 Å². The summed E-state index contributed by atoms with van der Waals surface area (Å²) in [7, 11) is 0. The summed E-state index contributed by atoms with van der Waals surface area (Å²) in [5.74, 6) is 0. The third-order valence-electron chi connectivity index (χ3n) is 0.116. The van der Waals surface area contributed by atoms with E-state index >= 15 is 0 Å². The molecule has 0 saturated heterocycles. The molecular formula is C2F3OPd. The quantitative estimate of drug-likeness (QED) is 0.529. The Morgan fingerprint density at radius 1 is 1.29 bits per heavy atom. The number of hydrogen-bond donors (Lipinski definition) is 0. The zero-order chi connectivity index (χ0) is 5.21. The second-order valence-electron chi connectivity index (χ2n) is 0.600. The second kappa shape index (κ2) is 3.17. The van der Waals surface area contributed by atoms with Crippen LogP contribution in [-0.2, 0) is 25.2 Å². The Labute approximate surface area is 51.5 Å². The SMILES string of the molecule is O=[C]C(F)(F)F.[Pd]. The molecule has 0 rings (SSSR count). The van der Waals surface area contributed by atoms with Crippen molar-refractivity contribution in [3.05, 3.63) is 0 Å². The fourth-order valence-corrected chi connectivity index (χ4v) is 0. The molecule has 5 heteroatoms. The Bertz CT molecular complexity index is 58.4. The van der Waals surface area contributed by atoms with E-state index in [2.05, 4.69) is 0 Å². The summed E-state index contributed by atoms with van der Waals surface area (Å²) in [6.07, 6.45) is -4.91. The molecule has 0 bridgehead atoms. The molecule has 7 heavy (non-hydrogen) atoms. The van der Waals surface area contributed by atoms with Gasteiger partial charge in [0.25, 0.3) is 0 Å². The van der Waals surface area contributed by atoms with E-state index in [0.29, 0.717) is 0 Å². The fourth-order valence-electron chi connectivity index (χ4n) is 0. The molecule has 0 N–H and O–H groups in total. The van der Waals surface area contributed by atoms with Crippen LogP contribution in [0.15, 0.2) is 0 Å². The van der Waals surface area contributed by atoms with Crippen molar-refractivity contribution in [2.75, 3.05) is 0 Å². The van der Waals surface area contributed by atoms with Crippen molar-refractivity contribution in [3.63, 3.8) is 0 Å². The number of halogens is 3. The summed E-state index contributed by atoms with van der Waals surface area (Å²) >= 11 is 0. The van der Waals surface area contributed by atoms with Crippen LogP contribution in [-0.4, -0.2) is 12.5 Å². The van der Waals surface area contributed by atoms with Gasteiger partial charge in [-0.25, -0.2) is 0 Å². The van der Waals surface area contributed by atoms with Gasteiger partial charge in [-0.1, -0.05) is 0 Å². The van der Waals surface area contributed by atoms with E-state index in [1.54, 1.807) is 0 Å². The molecule has 0 aliphatic rings. The van der Waals surface area contributed by atoms with E-state index in [9.17, 15) is 13.2 Å². The maximum atomic E-state index is 10.4. The van der Waals surface area contributed by atoms with Crippen LogP contribution in [0.4, 0.5) is 13.2 Å². The minimum atomic E-state index is -4.76. The van der Waals surface area contributed by atoms with Gasteiger partial charge < -0.3 is 0 Å². The Morgan fingerprint density at radius 2 is 1.43 bits per heavy atom. The molecule has 0 aliphatic heterocycles. The monoisotopic (exact) mass is 203 g/mol. The Balaban J connectivity index is 0. The first kappa shape index (κ1) is 10.2. The van der Waals surface area contributed by atoms with Crippen LogP contribution in [0, 0.1) is 0 Å². The van der Waals surface area contributed by atoms with Crippen molar-refractivity contribution in [2.24, 2.45) is 0 Å². The summed E-state index contributed by atoms with van der Waals surface area (Å²) in [5.41, 5.74) is 0. The molecule has 0 atom stereocenters. The predicted molar refractivity (Wildman–Crippen MR) is 11.7 cm³/mol. The van der Waals surface area contributed by atoms with Crippen LogP contribution < -0.4 is 0 Å². The van der Waals surface area contributed by atoms with E-state index < -0.39 is 6.18 Å². The third-order valence-corrected chi connectivity index (χ3v) is 0.116. The largest absolute Gasteiger partial charge is 0.458 e. The van der Waals surface area contributed by atoms with Gasteiger partial charge in [-0.3, -0.25) is 4.79 Å². The minimum Gasteiger partial charge on any atom is -0.280 e. The standard InChI is InChI=1S/C2F3O.Pd/c3-2(4,5)1-6;. The van der Waals surface area contributed by atoms with Gasteiger partial charge in [0.2, 0.25) is 0 Å². The van der Waals surface area contributed by atoms with Gasteiger partial charge >= 0.3 is 12.5 Å². The normalized spacial score (nSPS) is 9.57. The molecule has 0 aromatic carbocycles. The zero-order valence-electron chi connectivity index (χ0n) is 2.86. The summed E-state index contributed by atoms with van der Waals surface area (Å²) in [5, 5.41) is 0. The number of rotatable bonds is 0. The molecule has 0 aliphatic carbocycles. The number of hydrogen-bond acceptors (Lipinski definition) is 1. The predicted octanol–water partition coefficient (Wildman–Crippen LogP) is 0.656.